The number of halogens is 1. The Morgan fingerprint density at radius 1 is 1.16 bits per heavy atom. The lowest BCUT2D eigenvalue weighted by Crippen LogP contribution is -2.40. The van der Waals surface area contributed by atoms with Crippen LogP contribution in [-0.4, -0.2) is 64.0 Å². The number of nitrogens with one attached hydrogen (secondary N) is 1. The highest BCUT2D eigenvalue weighted by atomic mass is 127. The summed E-state index contributed by atoms with van der Waals surface area (Å²) in [5, 5.41) is 3.47. The summed E-state index contributed by atoms with van der Waals surface area (Å²) >= 11 is 0. The molecule has 0 aromatic heterocycles. The average molecular weight is 467 g/mol. The van der Waals surface area contributed by atoms with Gasteiger partial charge in [-0.05, 0) is 32.1 Å². The normalized spacial score (nSPS) is 21.6. The van der Waals surface area contributed by atoms with Gasteiger partial charge in [-0.25, -0.2) is 0 Å². The van der Waals surface area contributed by atoms with Gasteiger partial charge >= 0.3 is 0 Å². The molecule has 1 saturated carbocycles. The van der Waals surface area contributed by atoms with Gasteiger partial charge < -0.3 is 19.7 Å². The molecule has 5 nitrogen and oxygen atoms in total. The molecule has 1 aliphatic heterocycles. The Morgan fingerprint density at radius 2 is 1.96 bits per heavy atom. The molecule has 0 spiro atoms. The van der Waals surface area contributed by atoms with E-state index in [1.807, 2.05) is 0 Å². The molecular formula is C19H38IN3O2. The molecule has 0 radical (unpaired) electrons. The van der Waals surface area contributed by atoms with Crippen molar-refractivity contribution in [3.05, 3.63) is 0 Å². The molecule has 2 fully saturated rings. The van der Waals surface area contributed by atoms with Crippen LogP contribution in [0.1, 0.15) is 51.9 Å². The van der Waals surface area contributed by atoms with Gasteiger partial charge in [-0.3, -0.25) is 4.99 Å². The molecule has 1 unspecified atom stereocenters. The zero-order valence-electron chi connectivity index (χ0n) is 16.2. The minimum Gasteiger partial charge on any atom is -0.382 e. The van der Waals surface area contributed by atoms with Crippen LogP contribution in [0.25, 0.3) is 0 Å². The van der Waals surface area contributed by atoms with Crippen molar-refractivity contribution in [1.82, 2.24) is 10.2 Å². The summed E-state index contributed by atoms with van der Waals surface area (Å²) in [4.78, 5) is 7.28. The van der Waals surface area contributed by atoms with E-state index in [0.29, 0.717) is 19.1 Å². The molecule has 2 aliphatic rings. The second-order valence-electron chi connectivity index (χ2n) is 7.20. The maximum atomic E-state index is 5.69. The fourth-order valence-corrected chi connectivity index (χ4v) is 3.84. The van der Waals surface area contributed by atoms with Gasteiger partial charge in [-0.2, -0.15) is 0 Å². The lowest BCUT2D eigenvalue weighted by molar-refractivity contribution is 0.0536. The van der Waals surface area contributed by atoms with Crippen molar-refractivity contribution in [3.8, 4) is 0 Å². The molecule has 0 aromatic carbocycles. The van der Waals surface area contributed by atoms with Crippen molar-refractivity contribution >= 4 is 29.9 Å². The van der Waals surface area contributed by atoms with Crippen LogP contribution in [0.2, 0.25) is 0 Å². The van der Waals surface area contributed by atoms with Crippen molar-refractivity contribution < 1.29 is 9.47 Å². The quantitative estimate of drug-likeness (QED) is 0.231. The third-order valence-corrected chi connectivity index (χ3v) is 5.21. The Kier molecular flexibility index (Phi) is 12.9. The first kappa shape index (κ1) is 23.0. The predicted octanol–water partition coefficient (Wildman–Crippen LogP) is 3.53. The van der Waals surface area contributed by atoms with E-state index < -0.39 is 0 Å². The second kappa shape index (κ2) is 14.0. The Bertz CT molecular complexity index is 363. The lowest BCUT2D eigenvalue weighted by atomic mass is 10.0. The van der Waals surface area contributed by atoms with Crippen LogP contribution in [0, 0.1) is 11.8 Å². The molecule has 25 heavy (non-hydrogen) atoms. The highest BCUT2D eigenvalue weighted by Gasteiger charge is 2.25. The number of likely N-dealkylation sites (tertiary alicyclic amines) is 1. The fourth-order valence-electron chi connectivity index (χ4n) is 3.84. The average Bonchev–Trinajstić information content (AvgIpc) is 3.26. The minimum atomic E-state index is 0. The van der Waals surface area contributed by atoms with Crippen LogP contribution in [0.15, 0.2) is 4.99 Å². The van der Waals surface area contributed by atoms with Crippen LogP contribution in [-0.2, 0) is 9.47 Å². The van der Waals surface area contributed by atoms with Gasteiger partial charge in [0, 0.05) is 39.2 Å². The Morgan fingerprint density at radius 3 is 2.68 bits per heavy atom. The largest absolute Gasteiger partial charge is 0.382 e. The Labute approximate surface area is 171 Å². The molecule has 148 valence electrons. The number of aliphatic imine (C=N–C) groups is 1. The molecule has 0 aromatic rings. The molecule has 0 amide bonds. The summed E-state index contributed by atoms with van der Waals surface area (Å²) in [6.07, 6.45) is 9.56. The molecule has 1 aliphatic carbocycles. The summed E-state index contributed by atoms with van der Waals surface area (Å²) in [7, 11) is 1.71. The third kappa shape index (κ3) is 8.91. The van der Waals surface area contributed by atoms with E-state index in [1.165, 1.54) is 44.9 Å². The molecule has 0 bridgehead atoms. The minimum absolute atomic E-state index is 0. The first-order valence-corrected chi connectivity index (χ1v) is 9.93. The lowest BCUT2D eigenvalue weighted by Gasteiger charge is -2.22. The zero-order valence-corrected chi connectivity index (χ0v) is 18.5. The van der Waals surface area contributed by atoms with Gasteiger partial charge in [0.25, 0.3) is 0 Å². The summed E-state index contributed by atoms with van der Waals surface area (Å²) in [5.74, 6) is 2.69. The fraction of sp³-hybridized carbons (Fsp3) is 0.947. The summed E-state index contributed by atoms with van der Waals surface area (Å²) in [5.41, 5.74) is 0. The number of nitrogens with zero attached hydrogens (tertiary/aromatic N) is 2. The maximum Gasteiger partial charge on any atom is 0.193 e. The van der Waals surface area contributed by atoms with Gasteiger partial charge in [0.1, 0.15) is 0 Å². The number of hydrogen-bond acceptors (Lipinski definition) is 3. The zero-order chi connectivity index (χ0) is 17.0. The number of methoxy groups -OCH3 is 1. The van der Waals surface area contributed by atoms with E-state index in [4.69, 9.17) is 14.5 Å². The smallest absolute Gasteiger partial charge is 0.193 e. The number of ether oxygens (including phenoxy) is 2. The van der Waals surface area contributed by atoms with E-state index in [1.54, 1.807) is 7.11 Å². The van der Waals surface area contributed by atoms with E-state index in [0.717, 1.165) is 44.7 Å². The van der Waals surface area contributed by atoms with E-state index in [9.17, 15) is 0 Å². The molecule has 6 heteroatoms. The van der Waals surface area contributed by atoms with Gasteiger partial charge in [0.05, 0.1) is 19.8 Å². The van der Waals surface area contributed by atoms with Gasteiger partial charge in [0.2, 0.25) is 0 Å². The predicted molar refractivity (Wildman–Crippen MR) is 115 cm³/mol. The van der Waals surface area contributed by atoms with Crippen molar-refractivity contribution in [3.63, 3.8) is 0 Å². The first-order chi connectivity index (χ1) is 11.8. The molecule has 1 N–H and O–H groups in total. The summed E-state index contributed by atoms with van der Waals surface area (Å²) in [6, 6.07) is 0. The van der Waals surface area contributed by atoms with Crippen LogP contribution in [0.3, 0.4) is 0 Å². The van der Waals surface area contributed by atoms with Crippen molar-refractivity contribution in [2.75, 3.05) is 53.1 Å². The van der Waals surface area contributed by atoms with E-state index >= 15 is 0 Å². The number of rotatable bonds is 10. The second-order valence-corrected chi connectivity index (χ2v) is 7.20. The van der Waals surface area contributed by atoms with Crippen LogP contribution in [0.5, 0.6) is 0 Å². The summed E-state index contributed by atoms with van der Waals surface area (Å²) < 4.78 is 10.7. The van der Waals surface area contributed by atoms with Crippen molar-refractivity contribution in [2.45, 2.75) is 51.9 Å². The van der Waals surface area contributed by atoms with Gasteiger partial charge in [-0.15, -0.1) is 24.0 Å². The number of hydrogen-bond donors (Lipinski definition) is 1. The van der Waals surface area contributed by atoms with Crippen LogP contribution < -0.4 is 5.32 Å². The molecule has 2 rings (SSSR count). The summed E-state index contributed by atoms with van der Waals surface area (Å²) in [6.45, 7) is 8.41. The van der Waals surface area contributed by atoms with Crippen molar-refractivity contribution in [1.29, 1.82) is 0 Å². The van der Waals surface area contributed by atoms with Gasteiger partial charge in [0.15, 0.2) is 5.96 Å². The molecule has 1 atom stereocenters. The Hall–Kier alpha value is -0.0800. The highest BCUT2D eigenvalue weighted by Crippen LogP contribution is 2.28. The molecule has 1 heterocycles. The topological polar surface area (TPSA) is 46.1 Å². The van der Waals surface area contributed by atoms with E-state index in [-0.39, 0.29) is 24.0 Å². The maximum absolute atomic E-state index is 5.69. The SMILES string of the molecule is CCNC(=NCCCC1CCCC1)N1CCC(COCCOC)C1.I. The monoisotopic (exact) mass is 467 g/mol. The highest BCUT2D eigenvalue weighted by molar-refractivity contribution is 14.0. The van der Waals surface area contributed by atoms with Crippen LogP contribution >= 0.6 is 24.0 Å². The Balaban J connectivity index is 0.00000312. The standard InChI is InChI=1S/C19H37N3O2.HI/c1-3-20-19(21-11-6-9-17-7-4-5-8-17)22-12-10-18(15-22)16-24-14-13-23-2;/h17-18H,3-16H2,1-2H3,(H,20,21);1H. The first-order valence-electron chi connectivity index (χ1n) is 9.93. The molecule has 1 saturated heterocycles. The van der Waals surface area contributed by atoms with Crippen molar-refractivity contribution in [2.24, 2.45) is 16.8 Å². The third-order valence-electron chi connectivity index (χ3n) is 5.21. The molecular weight excluding hydrogens is 429 g/mol. The van der Waals surface area contributed by atoms with Crippen LogP contribution in [0.4, 0.5) is 0 Å². The van der Waals surface area contributed by atoms with Gasteiger partial charge in [-0.1, -0.05) is 25.7 Å². The van der Waals surface area contributed by atoms with E-state index in [2.05, 4.69) is 17.1 Å². The number of guanidine groups is 1.